The van der Waals surface area contributed by atoms with Gasteiger partial charge in [0.1, 0.15) is 12.1 Å². The summed E-state index contributed by atoms with van der Waals surface area (Å²) in [5.41, 5.74) is 2.30. The number of cyclic esters (lactones) is 1. The molecule has 0 aromatic rings. The molecule has 0 radical (unpaired) electrons. The quantitative estimate of drug-likeness (QED) is 0.124. The van der Waals surface area contributed by atoms with Crippen molar-refractivity contribution in [2.24, 2.45) is 29.6 Å². The van der Waals surface area contributed by atoms with Crippen LogP contribution in [0.25, 0.3) is 0 Å². The lowest BCUT2D eigenvalue weighted by molar-refractivity contribution is -0.290. The molecule has 2 saturated heterocycles. The van der Waals surface area contributed by atoms with Gasteiger partial charge in [0, 0.05) is 31.9 Å². The van der Waals surface area contributed by atoms with Crippen LogP contribution in [-0.2, 0) is 33.4 Å². The maximum atomic E-state index is 14.2. The van der Waals surface area contributed by atoms with Gasteiger partial charge in [-0.15, -0.1) is 6.58 Å². The third-order valence-electron chi connectivity index (χ3n) is 11.6. The lowest BCUT2D eigenvalue weighted by atomic mass is 9.78. The van der Waals surface area contributed by atoms with Gasteiger partial charge in [0.15, 0.2) is 5.78 Å². The maximum Gasteiger partial charge on any atom is 0.329 e. The number of esters is 1. The molecule has 10 heteroatoms. The molecule has 11 unspecified atom stereocenters. The second kappa shape index (κ2) is 20.1. The van der Waals surface area contributed by atoms with Crippen molar-refractivity contribution in [2.75, 3.05) is 13.7 Å². The smallest absolute Gasteiger partial charge is 0.329 e. The molecule has 2 fully saturated rings. The second-order valence-corrected chi connectivity index (χ2v) is 16.2. The van der Waals surface area contributed by atoms with E-state index in [1.165, 1.54) is 4.90 Å². The van der Waals surface area contributed by atoms with E-state index in [4.69, 9.17) is 14.2 Å². The van der Waals surface area contributed by atoms with E-state index in [0.29, 0.717) is 43.3 Å². The summed E-state index contributed by atoms with van der Waals surface area (Å²) in [7, 11) is 1.58. The van der Waals surface area contributed by atoms with E-state index in [1.807, 2.05) is 45.9 Å². The number of allylic oxidation sites excluding steroid dienone is 6. The van der Waals surface area contributed by atoms with Crippen LogP contribution >= 0.6 is 0 Å². The van der Waals surface area contributed by atoms with Gasteiger partial charge in [0.2, 0.25) is 5.79 Å². The van der Waals surface area contributed by atoms with Crippen molar-refractivity contribution < 1.29 is 43.6 Å². The Morgan fingerprint density at radius 1 is 1.09 bits per heavy atom. The van der Waals surface area contributed by atoms with E-state index >= 15 is 0 Å². The molecule has 3 aliphatic heterocycles. The van der Waals surface area contributed by atoms with Gasteiger partial charge >= 0.3 is 5.97 Å². The van der Waals surface area contributed by atoms with E-state index in [2.05, 4.69) is 20.4 Å². The number of piperidine rings is 1. The zero-order valence-corrected chi connectivity index (χ0v) is 33.8. The molecule has 53 heavy (non-hydrogen) atoms. The fourth-order valence-corrected chi connectivity index (χ4v) is 8.54. The number of aliphatic hydroxyl groups is 2. The number of nitrogens with zero attached hydrogens (tertiary/aromatic N) is 1. The first-order valence-corrected chi connectivity index (χ1v) is 19.9. The van der Waals surface area contributed by atoms with Crippen LogP contribution in [0, 0.1) is 29.6 Å². The summed E-state index contributed by atoms with van der Waals surface area (Å²) in [6, 6.07) is -1.08. The van der Waals surface area contributed by atoms with E-state index in [1.54, 1.807) is 27.0 Å². The number of hydrogen-bond donors (Lipinski definition) is 2. The molecule has 11 atom stereocenters. The van der Waals surface area contributed by atoms with Gasteiger partial charge in [0.25, 0.3) is 11.7 Å². The number of carbonyl (C=O) groups excluding carboxylic acids is 4. The third kappa shape index (κ3) is 11.1. The summed E-state index contributed by atoms with van der Waals surface area (Å²) >= 11 is 0. The van der Waals surface area contributed by atoms with Crippen LogP contribution in [0.3, 0.4) is 0 Å². The molecular formula is C43H67NO9. The van der Waals surface area contributed by atoms with Crippen molar-refractivity contribution >= 4 is 23.4 Å². The first-order chi connectivity index (χ1) is 25.0. The molecule has 0 spiro atoms. The Bertz CT molecular complexity index is 1400. The number of ether oxygens (including phenoxy) is 3. The zero-order chi connectivity index (χ0) is 39.6. The van der Waals surface area contributed by atoms with Crippen molar-refractivity contribution in [3.63, 3.8) is 0 Å². The zero-order valence-electron chi connectivity index (χ0n) is 33.8. The molecular weight excluding hydrogens is 674 g/mol. The fraction of sp³-hybridized carbons (Fsp3) is 0.721. The van der Waals surface area contributed by atoms with Gasteiger partial charge in [0.05, 0.1) is 18.3 Å². The molecule has 0 aromatic carbocycles. The lowest BCUT2D eigenvalue weighted by Gasteiger charge is -2.46. The van der Waals surface area contributed by atoms with Gasteiger partial charge < -0.3 is 29.3 Å². The Morgan fingerprint density at radius 3 is 2.42 bits per heavy atom. The Kier molecular flexibility index (Phi) is 16.9. The molecule has 3 rings (SSSR count). The van der Waals surface area contributed by atoms with E-state index in [-0.39, 0.29) is 42.9 Å². The molecule has 2 N–H and O–H groups in total. The van der Waals surface area contributed by atoms with Gasteiger partial charge in [-0.3, -0.25) is 14.4 Å². The predicted molar refractivity (Wildman–Crippen MR) is 205 cm³/mol. The molecule has 3 heterocycles. The summed E-state index contributed by atoms with van der Waals surface area (Å²) in [4.78, 5) is 57.4. The summed E-state index contributed by atoms with van der Waals surface area (Å²) in [5, 5.41) is 23.5. The molecule has 3 aliphatic rings. The Labute approximate surface area is 318 Å². The minimum atomic E-state index is -2.41. The van der Waals surface area contributed by atoms with Crippen molar-refractivity contribution in [1.29, 1.82) is 0 Å². The van der Waals surface area contributed by atoms with Crippen molar-refractivity contribution in [3.8, 4) is 0 Å². The van der Waals surface area contributed by atoms with Crippen molar-refractivity contribution in [1.82, 2.24) is 4.90 Å². The van der Waals surface area contributed by atoms with E-state index in [0.717, 1.165) is 24.8 Å². The molecule has 1 amide bonds. The largest absolute Gasteiger partial charge is 0.456 e. The number of ketones is 2. The Hall–Kier alpha value is -2.92. The minimum absolute atomic E-state index is 0.0000240. The summed E-state index contributed by atoms with van der Waals surface area (Å²) in [5.74, 6) is -6.75. The lowest BCUT2D eigenvalue weighted by Crippen LogP contribution is -2.63. The average molecular weight is 742 g/mol. The van der Waals surface area contributed by atoms with Crippen LogP contribution in [0.4, 0.5) is 0 Å². The van der Waals surface area contributed by atoms with Crippen LogP contribution < -0.4 is 0 Å². The molecule has 0 aromatic heterocycles. The highest BCUT2D eigenvalue weighted by Gasteiger charge is 2.55. The topological polar surface area (TPSA) is 140 Å². The van der Waals surface area contributed by atoms with Crippen molar-refractivity contribution in [2.45, 2.75) is 156 Å². The number of rotatable bonds is 7. The first kappa shape index (κ1) is 44.5. The monoisotopic (exact) mass is 741 g/mol. The number of hydrogen-bond acceptors (Lipinski definition) is 9. The highest BCUT2D eigenvalue weighted by Crippen LogP contribution is 2.40. The van der Waals surface area contributed by atoms with Crippen LogP contribution in [0.5, 0.6) is 0 Å². The number of Topliss-reactive ketones (excluding diaryl/α,β-unsaturated/α-hetero) is 2. The third-order valence-corrected chi connectivity index (χ3v) is 11.6. The number of amides is 1. The Balaban J connectivity index is 2.14. The van der Waals surface area contributed by atoms with Gasteiger partial charge in [-0.1, -0.05) is 77.8 Å². The Morgan fingerprint density at radius 2 is 1.79 bits per heavy atom. The summed E-state index contributed by atoms with van der Waals surface area (Å²) < 4.78 is 18.4. The number of methoxy groups -OCH3 is 1. The summed E-state index contributed by atoms with van der Waals surface area (Å²) in [6.45, 7) is 19.4. The molecule has 2 bridgehead atoms. The molecule has 0 saturated carbocycles. The fourth-order valence-electron chi connectivity index (χ4n) is 8.54. The predicted octanol–water partition coefficient (Wildman–Crippen LogP) is 6.83. The van der Waals surface area contributed by atoms with Crippen molar-refractivity contribution in [3.05, 3.63) is 47.6 Å². The molecule has 0 aliphatic carbocycles. The highest BCUT2D eigenvalue weighted by molar-refractivity contribution is 6.39. The standard InChI is InChI=1S/C43H67NO9/c1-11-16-32(13-3)24-29(7)38-31(9)35(45)25-36(46)33(17-12-2)21-26(4)20-27(5)22-37(51-10)39-28(6)23-30(8)43(50,53-39)40(47)41(48)44-19-15-14-18-34(44)42(49)52-38/h12-13,21,24,26-28,30-31,34-35,37-39,45,50H,2,11,14-20,22-23,25H2,1,3-10H3/b29-24?,32-13?,33-21+. The molecule has 10 nitrogen and oxygen atoms in total. The minimum Gasteiger partial charge on any atom is -0.456 e. The maximum absolute atomic E-state index is 14.2. The molecule has 298 valence electrons. The second-order valence-electron chi connectivity index (χ2n) is 16.2. The number of fused-ring (bicyclic) bond motifs is 3. The number of aliphatic hydroxyl groups excluding tert-OH is 1. The van der Waals surface area contributed by atoms with Gasteiger partial charge in [-0.2, -0.15) is 0 Å². The highest BCUT2D eigenvalue weighted by atomic mass is 16.7. The van der Waals surface area contributed by atoms with Crippen LogP contribution in [0.1, 0.15) is 120 Å². The SMILES string of the molecule is C=CC/C1=C\C(C)CC(C)CC(OC)C2OC(O)(C(=O)C(=O)N3CCCCC3C(=O)OC(C(C)=CC(=CC)CCC)C(C)C(O)CC1=O)C(C)CC2C. The average Bonchev–Trinajstić information content (AvgIpc) is 3.12. The van der Waals surface area contributed by atoms with Gasteiger partial charge in [-0.05, 0) is 94.1 Å². The first-order valence-electron chi connectivity index (χ1n) is 19.9. The van der Waals surface area contributed by atoms with Gasteiger partial charge in [-0.25, -0.2) is 4.79 Å². The van der Waals surface area contributed by atoms with E-state index in [9.17, 15) is 29.4 Å². The van der Waals surface area contributed by atoms with Crippen LogP contribution in [0.15, 0.2) is 47.6 Å². The summed E-state index contributed by atoms with van der Waals surface area (Å²) in [6.07, 6.45) is 9.41. The van der Waals surface area contributed by atoms with Crippen LogP contribution in [0.2, 0.25) is 0 Å². The van der Waals surface area contributed by atoms with E-state index < -0.39 is 65.7 Å². The van der Waals surface area contributed by atoms with Crippen LogP contribution in [-0.4, -0.2) is 88.5 Å². The number of carbonyl (C=O) groups is 4. The normalized spacial score (nSPS) is 37.6.